The Labute approximate surface area is 91.8 Å². The fraction of sp³-hybridized carbons (Fsp3) is 0.500. The van der Waals surface area contributed by atoms with Crippen molar-refractivity contribution in [2.24, 2.45) is 0 Å². The Kier molecular flexibility index (Phi) is 4.43. The van der Waals surface area contributed by atoms with E-state index in [2.05, 4.69) is 18.9 Å². The van der Waals surface area contributed by atoms with E-state index < -0.39 is 0 Å². The standard InChI is InChI=1S/C12H20N2O/c1-10(8-9-15-3)14(2)12-7-5-4-6-11(12)13/h4-7,10H,8-9,13H2,1-3H3. The molecule has 1 rings (SSSR count). The molecule has 1 unspecified atom stereocenters. The number of nitrogens with zero attached hydrogens (tertiary/aromatic N) is 1. The van der Waals surface area contributed by atoms with Crippen LogP contribution in [0.1, 0.15) is 13.3 Å². The van der Waals surface area contributed by atoms with E-state index in [-0.39, 0.29) is 0 Å². The molecule has 0 saturated heterocycles. The Bertz CT molecular complexity index is 301. The highest BCUT2D eigenvalue weighted by molar-refractivity contribution is 5.67. The van der Waals surface area contributed by atoms with Crippen LogP contribution in [0.15, 0.2) is 24.3 Å². The second-order valence-corrected chi connectivity index (χ2v) is 3.80. The third-order valence-corrected chi connectivity index (χ3v) is 2.72. The van der Waals surface area contributed by atoms with Crippen LogP contribution < -0.4 is 10.6 Å². The van der Waals surface area contributed by atoms with Crippen molar-refractivity contribution in [2.75, 3.05) is 31.4 Å². The molecule has 0 spiro atoms. The highest BCUT2D eigenvalue weighted by atomic mass is 16.5. The van der Waals surface area contributed by atoms with Gasteiger partial charge in [-0.25, -0.2) is 0 Å². The average molecular weight is 208 g/mol. The van der Waals surface area contributed by atoms with Gasteiger partial charge in [0.1, 0.15) is 0 Å². The van der Waals surface area contributed by atoms with Gasteiger partial charge in [-0.2, -0.15) is 0 Å². The molecule has 15 heavy (non-hydrogen) atoms. The Morgan fingerprint density at radius 2 is 2.07 bits per heavy atom. The summed E-state index contributed by atoms with van der Waals surface area (Å²) in [5, 5.41) is 0. The topological polar surface area (TPSA) is 38.5 Å². The van der Waals surface area contributed by atoms with Crippen molar-refractivity contribution in [3.63, 3.8) is 0 Å². The quantitative estimate of drug-likeness (QED) is 0.753. The van der Waals surface area contributed by atoms with Crippen LogP contribution in [0.2, 0.25) is 0 Å². The van der Waals surface area contributed by atoms with Crippen LogP contribution >= 0.6 is 0 Å². The molecule has 3 heteroatoms. The van der Waals surface area contributed by atoms with Gasteiger partial charge in [0.25, 0.3) is 0 Å². The molecule has 1 atom stereocenters. The Morgan fingerprint density at radius 3 is 2.67 bits per heavy atom. The summed E-state index contributed by atoms with van der Waals surface area (Å²) >= 11 is 0. The summed E-state index contributed by atoms with van der Waals surface area (Å²) in [4.78, 5) is 2.19. The molecule has 0 heterocycles. The van der Waals surface area contributed by atoms with E-state index >= 15 is 0 Å². The minimum Gasteiger partial charge on any atom is -0.397 e. The summed E-state index contributed by atoms with van der Waals surface area (Å²) in [6.45, 7) is 2.95. The molecule has 0 radical (unpaired) electrons. The first-order chi connectivity index (χ1) is 7.16. The first-order valence-corrected chi connectivity index (χ1v) is 5.23. The minimum absolute atomic E-state index is 0.426. The number of nitrogen functional groups attached to an aromatic ring is 1. The van der Waals surface area contributed by atoms with Crippen molar-refractivity contribution in [2.45, 2.75) is 19.4 Å². The Balaban J connectivity index is 2.67. The molecule has 84 valence electrons. The molecule has 2 N–H and O–H groups in total. The molecule has 0 amide bonds. The smallest absolute Gasteiger partial charge is 0.0599 e. The van der Waals surface area contributed by atoms with Gasteiger partial charge in [0, 0.05) is 26.8 Å². The van der Waals surface area contributed by atoms with Crippen molar-refractivity contribution in [1.29, 1.82) is 0 Å². The second-order valence-electron chi connectivity index (χ2n) is 3.80. The van der Waals surface area contributed by atoms with E-state index in [0.29, 0.717) is 6.04 Å². The van der Waals surface area contributed by atoms with E-state index in [1.807, 2.05) is 24.3 Å². The Hall–Kier alpha value is -1.22. The van der Waals surface area contributed by atoms with Crippen LogP contribution in [0, 0.1) is 0 Å². The molecule has 0 bridgehead atoms. The first kappa shape index (κ1) is 11.9. The molecule has 0 fully saturated rings. The van der Waals surface area contributed by atoms with Gasteiger partial charge in [0.2, 0.25) is 0 Å². The lowest BCUT2D eigenvalue weighted by Gasteiger charge is -2.27. The number of methoxy groups -OCH3 is 1. The maximum absolute atomic E-state index is 5.92. The first-order valence-electron chi connectivity index (χ1n) is 5.23. The third kappa shape index (κ3) is 3.13. The van der Waals surface area contributed by atoms with Crippen LogP contribution in [0.4, 0.5) is 11.4 Å². The summed E-state index contributed by atoms with van der Waals surface area (Å²) in [7, 11) is 3.79. The summed E-state index contributed by atoms with van der Waals surface area (Å²) in [6.07, 6.45) is 1.00. The summed E-state index contributed by atoms with van der Waals surface area (Å²) in [6, 6.07) is 8.35. The van der Waals surface area contributed by atoms with E-state index in [0.717, 1.165) is 24.4 Å². The SMILES string of the molecule is COCCC(C)N(C)c1ccccc1N. The van der Waals surface area contributed by atoms with Gasteiger partial charge in [-0.15, -0.1) is 0 Å². The Morgan fingerprint density at radius 1 is 1.40 bits per heavy atom. The zero-order valence-corrected chi connectivity index (χ0v) is 9.73. The molecule has 1 aromatic carbocycles. The zero-order valence-electron chi connectivity index (χ0n) is 9.73. The van der Waals surface area contributed by atoms with Crippen LogP contribution in [0.25, 0.3) is 0 Å². The number of para-hydroxylation sites is 2. The summed E-state index contributed by atoms with van der Waals surface area (Å²) in [5.41, 5.74) is 7.82. The van der Waals surface area contributed by atoms with Gasteiger partial charge in [-0.3, -0.25) is 0 Å². The van der Waals surface area contributed by atoms with E-state index in [4.69, 9.17) is 10.5 Å². The van der Waals surface area contributed by atoms with E-state index in [1.54, 1.807) is 7.11 Å². The maximum atomic E-state index is 5.92. The van der Waals surface area contributed by atoms with E-state index in [9.17, 15) is 0 Å². The fourth-order valence-corrected chi connectivity index (χ4v) is 1.53. The van der Waals surface area contributed by atoms with Gasteiger partial charge < -0.3 is 15.4 Å². The number of nitrogens with two attached hydrogens (primary N) is 1. The normalized spacial score (nSPS) is 12.5. The minimum atomic E-state index is 0.426. The highest BCUT2D eigenvalue weighted by Crippen LogP contribution is 2.23. The van der Waals surface area contributed by atoms with Crippen LogP contribution in [-0.2, 0) is 4.74 Å². The molecule has 3 nitrogen and oxygen atoms in total. The molecule has 0 aromatic heterocycles. The molecule has 1 aromatic rings. The molecule has 0 aliphatic carbocycles. The molecule has 0 aliphatic heterocycles. The molecular formula is C12H20N2O. The monoisotopic (exact) mass is 208 g/mol. The van der Waals surface area contributed by atoms with Crippen LogP contribution in [0.5, 0.6) is 0 Å². The third-order valence-electron chi connectivity index (χ3n) is 2.72. The maximum Gasteiger partial charge on any atom is 0.0599 e. The van der Waals surface area contributed by atoms with Gasteiger partial charge >= 0.3 is 0 Å². The van der Waals surface area contributed by atoms with Gasteiger partial charge in [0.05, 0.1) is 11.4 Å². The summed E-state index contributed by atoms with van der Waals surface area (Å²) < 4.78 is 5.07. The molecule has 0 aliphatic rings. The van der Waals surface area contributed by atoms with Crippen molar-refractivity contribution in [3.8, 4) is 0 Å². The fourth-order valence-electron chi connectivity index (χ4n) is 1.53. The van der Waals surface area contributed by atoms with Gasteiger partial charge in [-0.05, 0) is 25.5 Å². The van der Waals surface area contributed by atoms with Crippen molar-refractivity contribution in [1.82, 2.24) is 0 Å². The summed E-state index contributed by atoms with van der Waals surface area (Å²) in [5.74, 6) is 0. The van der Waals surface area contributed by atoms with Crippen LogP contribution in [0.3, 0.4) is 0 Å². The largest absolute Gasteiger partial charge is 0.397 e. The predicted octanol–water partition coefficient (Wildman–Crippen LogP) is 2.13. The van der Waals surface area contributed by atoms with Crippen LogP contribution in [-0.4, -0.2) is 26.8 Å². The van der Waals surface area contributed by atoms with Crippen molar-refractivity contribution >= 4 is 11.4 Å². The number of hydrogen-bond acceptors (Lipinski definition) is 3. The predicted molar refractivity (Wildman–Crippen MR) is 65.2 cm³/mol. The number of anilines is 2. The van der Waals surface area contributed by atoms with E-state index in [1.165, 1.54) is 0 Å². The molecular weight excluding hydrogens is 188 g/mol. The zero-order chi connectivity index (χ0) is 11.3. The highest BCUT2D eigenvalue weighted by Gasteiger charge is 2.11. The number of hydrogen-bond donors (Lipinski definition) is 1. The average Bonchev–Trinajstić information content (AvgIpc) is 2.25. The number of rotatable bonds is 5. The van der Waals surface area contributed by atoms with Crippen molar-refractivity contribution < 1.29 is 4.74 Å². The second kappa shape index (κ2) is 5.61. The molecule has 0 saturated carbocycles. The lowest BCUT2D eigenvalue weighted by atomic mass is 10.2. The lowest BCUT2D eigenvalue weighted by Crippen LogP contribution is -2.30. The number of benzene rings is 1. The van der Waals surface area contributed by atoms with Gasteiger partial charge in [-0.1, -0.05) is 12.1 Å². The lowest BCUT2D eigenvalue weighted by molar-refractivity contribution is 0.189. The number of ether oxygens (including phenoxy) is 1. The van der Waals surface area contributed by atoms with Crippen molar-refractivity contribution in [3.05, 3.63) is 24.3 Å². The van der Waals surface area contributed by atoms with Gasteiger partial charge in [0.15, 0.2) is 0 Å².